The monoisotopic (exact) mass is 433 g/mol. The maximum atomic E-state index is 13.0. The van der Waals surface area contributed by atoms with Gasteiger partial charge >= 0.3 is 12.1 Å². The van der Waals surface area contributed by atoms with Crippen LogP contribution < -0.4 is 5.32 Å². The fourth-order valence-electron chi connectivity index (χ4n) is 3.00. The summed E-state index contributed by atoms with van der Waals surface area (Å²) in [6.07, 6.45) is 0.415. The smallest absolute Gasteiger partial charge is 0.408 e. The summed E-state index contributed by atoms with van der Waals surface area (Å²) < 4.78 is 36.3. The highest BCUT2D eigenvalue weighted by Crippen LogP contribution is 2.38. The zero-order valence-corrected chi connectivity index (χ0v) is 17.7. The molecule has 1 aliphatic heterocycles. The average molecular weight is 433 g/mol. The summed E-state index contributed by atoms with van der Waals surface area (Å²) in [5.41, 5.74) is -0.0639. The summed E-state index contributed by atoms with van der Waals surface area (Å²) in [5, 5.41) is 12.8. The highest BCUT2D eigenvalue weighted by Gasteiger charge is 2.32. The minimum absolute atomic E-state index is 0.0678. The lowest BCUT2D eigenvalue weighted by atomic mass is 10.1. The second-order valence-corrected chi connectivity index (χ2v) is 9.79. The van der Waals surface area contributed by atoms with Gasteiger partial charge in [-0.15, -0.1) is 0 Å². The number of carboxylic acid groups (broad SMARTS) is 1. The van der Waals surface area contributed by atoms with Crippen molar-refractivity contribution in [1.29, 1.82) is 0 Å². The SMILES string of the molecule is CC(C)(C)OC[C@H](NC(=O)OCC1=Cc2ccc3ccccc3c2S1(=O)=O)C(=O)O. The van der Waals surface area contributed by atoms with Crippen LogP contribution >= 0.6 is 0 Å². The Morgan fingerprint density at radius 3 is 2.50 bits per heavy atom. The molecule has 2 N–H and O–H groups in total. The van der Waals surface area contributed by atoms with E-state index in [-0.39, 0.29) is 16.4 Å². The van der Waals surface area contributed by atoms with Gasteiger partial charge < -0.3 is 19.9 Å². The molecule has 0 aromatic heterocycles. The second kappa shape index (κ2) is 8.08. The van der Waals surface area contributed by atoms with Crippen molar-refractivity contribution in [3.63, 3.8) is 0 Å². The summed E-state index contributed by atoms with van der Waals surface area (Å²) >= 11 is 0. The van der Waals surface area contributed by atoms with E-state index >= 15 is 0 Å². The van der Waals surface area contributed by atoms with E-state index in [0.29, 0.717) is 10.9 Å². The molecule has 0 fully saturated rings. The van der Waals surface area contributed by atoms with E-state index in [2.05, 4.69) is 5.32 Å². The van der Waals surface area contributed by atoms with Gasteiger partial charge in [0.25, 0.3) is 0 Å². The molecule has 160 valence electrons. The molecule has 3 rings (SSSR count). The van der Waals surface area contributed by atoms with Gasteiger partial charge in [0.05, 0.1) is 22.0 Å². The number of ether oxygens (including phenoxy) is 2. The largest absolute Gasteiger partial charge is 0.480 e. The van der Waals surface area contributed by atoms with Crippen LogP contribution in [0.1, 0.15) is 26.3 Å². The molecule has 1 heterocycles. The summed E-state index contributed by atoms with van der Waals surface area (Å²) in [5.74, 6) is -1.29. The lowest BCUT2D eigenvalue weighted by molar-refractivity contribution is -0.142. The van der Waals surface area contributed by atoms with Gasteiger partial charge in [0.15, 0.2) is 6.04 Å². The predicted octanol–water partition coefficient (Wildman–Crippen LogP) is 2.96. The van der Waals surface area contributed by atoms with Gasteiger partial charge in [-0.1, -0.05) is 36.4 Å². The van der Waals surface area contributed by atoms with E-state index in [1.165, 1.54) is 6.08 Å². The van der Waals surface area contributed by atoms with Crippen molar-refractivity contribution in [2.24, 2.45) is 0 Å². The first-order valence-electron chi connectivity index (χ1n) is 9.26. The number of benzene rings is 2. The molecule has 1 amide bonds. The molecule has 0 radical (unpaired) electrons. The first-order valence-corrected chi connectivity index (χ1v) is 10.7. The summed E-state index contributed by atoms with van der Waals surface area (Å²) in [6, 6.07) is 9.32. The molecule has 1 aliphatic rings. The van der Waals surface area contributed by atoms with Gasteiger partial charge in [0.1, 0.15) is 6.61 Å². The van der Waals surface area contributed by atoms with E-state index < -0.39 is 40.1 Å². The summed E-state index contributed by atoms with van der Waals surface area (Å²) in [7, 11) is -3.83. The number of carboxylic acids is 1. The third-order valence-corrected chi connectivity index (χ3v) is 6.38. The second-order valence-electron chi connectivity index (χ2n) is 7.85. The van der Waals surface area contributed by atoms with Gasteiger partial charge in [-0.2, -0.15) is 0 Å². The van der Waals surface area contributed by atoms with E-state index in [4.69, 9.17) is 9.47 Å². The molecule has 30 heavy (non-hydrogen) atoms. The molecule has 0 spiro atoms. The van der Waals surface area contributed by atoms with E-state index in [1.807, 2.05) is 18.2 Å². The Balaban J connectivity index is 1.69. The Bertz CT molecular complexity index is 1130. The first kappa shape index (κ1) is 21.8. The normalized spacial score (nSPS) is 15.9. The molecule has 1 atom stereocenters. The third-order valence-electron chi connectivity index (χ3n) is 4.46. The number of rotatable bonds is 6. The maximum Gasteiger partial charge on any atom is 0.408 e. The van der Waals surface area contributed by atoms with Gasteiger partial charge in [-0.3, -0.25) is 0 Å². The first-order chi connectivity index (χ1) is 14.0. The number of amides is 1. The van der Waals surface area contributed by atoms with Gasteiger partial charge in [-0.05, 0) is 37.8 Å². The number of hydrogen-bond acceptors (Lipinski definition) is 6. The van der Waals surface area contributed by atoms with Gasteiger partial charge in [0.2, 0.25) is 9.84 Å². The molecular formula is C21H23NO7S. The zero-order chi connectivity index (χ0) is 22.1. The zero-order valence-electron chi connectivity index (χ0n) is 16.8. The molecule has 8 nitrogen and oxygen atoms in total. The molecular weight excluding hydrogens is 410 g/mol. The Morgan fingerprint density at radius 1 is 1.13 bits per heavy atom. The predicted molar refractivity (Wildman–Crippen MR) is 111 cm³/mol. The fraction of sp³-hybridized carbons (Fsp3) is 0.333. The molecule has 0 saturated carbocycles. The van der Waals surface area contributed by atoms with Crippen molar-refractivity contribution in [1.82, 2.24) is 5.32 Å². The lowest BCUT2D eigenvalue weighted by Crippen LogP contribution is -2.45. The van der Waals surface area contributed by atoms with Crippen molar-refractivity contribution < 1.29 is 32.6 Å². The van der Waals surface area contributed by atoms with Crippen LogP contribution in [0, 0.1) is 0 Å². The van der Waals surface area contributed by atoms with Crippen molar-refractivity contribution in [2.75, 3.05) is 13.2 Å². The number of alkyl carbamates (subject to hydrolysis) is 1. The molecule has 0 aliphatic carbocycles. The van der Waals surface area contributed by atoms with Crippen molar-refractivity contribution in [3.8, 4) is 0 Å². The van der Waals surface area contributed by atoms with Crippen molar-refractivity contribution in [3.05, 3.63) is 46.9 Å². The molecule has 0 saturated heterocycles. The van der Waals surface area contributed by atoms with E-state index in [1.54, 1.807) is 39.0 Å². The Labute approximate surface area is 174 Å². The van der Waals surface area contributed by atoms with Crippen molar-refractivity contribution in [2.45, 2.75) is 37.3 Å². The summed E-state index contributed by atoms with van der Waals surface area (Å²) in [6.45, 7) is 4.49. The van der Waals surface area contributed by atoms with Crippen LogP contribution in [0.4, 0.5) is 4.79 Å². The highest BCUT2D eigenvalue weighted by molar-refractivity contribution is 7.96. The van der Waals surface area contributed by atoms with Gasteiger partial charge in [0, 0.05) is 5.39 Å². The fourth-order valence-corrected chi connectivity index (χ4v) is 4.67. The van der Waals surface area contributed by atoms with Crippen LogP contribution in [0.15, 0.2) is 46.2 Å². The molecule has 2 aromatic rings. The number of hydrogen-bond donors (Lipinski definition) is 2. The molecule has 2 aromatic carbocycles. The minimum Gasteiger partial charge on any atom is -0.480 e. The third kappa shape index (κ3) is 4.63. The number of fused-ring (bicyclic) bond motifs is 3. The van der Waals surface area contributed by atoms with E-state index in [0.717, 1.165) is 5.39 Å². The molecule has 9 heteroatoms. The number of nitrogens with one attached hydrogen (secondary N) is 1. The van der Waals surface area contributed by atoms with Crippen LogP contribution in [0.3, 0.4) is 0 Å². The number of carbonyl (C=O) groups excluding carboxylic acids is 1. The van der Waals surface area contributed by atoms with Crippen LogP contribution in [-0.4, -0.2) is 50.4 Å². The van der Waals surface area contributed by atoms with Gasteiger partial charge in [-0.25, -0.2) is 18.0 Å². The Hall–Kier alpha value is -2.91. The van der Waals surface area contributed by atoms with Crippen LogP contribution in [0.25, 0.3) is 16.8 Å². The van der Waals surface area contributed by atoms with Crippen LogP contribution in [-0.2, 0) is 24.1 Å². The van der Waals surface area contributed by atoms with Crippen molar-refractivity contribution >= 4 is 38.7 Å². The lowest BCUT2D eigenvalue weighted by Gasteiger charge is -2.22. The molecule has 0 bridgehead atoms. The van der Waals surface area contributed by atoms with Crippen LogP contribution in [0.2, 0.25) is 0 Å². The number of aliphatic carboxylic acids is 1. The minimum atomic E-state index is -3.83. The standard InChI is InChI=1S/C21H23NO7S/c1-21(2,3)29-12-17(19(23)24)22-20(25)28-11-15-10-14-9-8-13-6-4-5-7-16(13)18(14)30(15,26)27/h4-10,17H,11-12H2,1-3H3,(H,22,25)(H,23,24)/t17-/m0/s1. The Morgan fingerprint density at radius 2 is 1.83 bits per heavy atom. The topological polar surface area (TPSA) is 119 Å². The van der Waals surface area contributed by atoms with E-state index in [9.17, 15) is 23.1 Å². The quantitative estimate of drug-likeness (QED) is 0.719. The Kier molecular flexibility index (Phi) is 5.87. The average Bonchev–Trinajstić information content (AvgIpc) is 2.93. The maximum absolute atomic E-state index is 13.0. The molecule has 0 unspecified atom stereocenters. The number of carbonyl (C=O) groups is 2. The summed E-state index contributed by atoms with van der Waals surface area (Å²) in [4.78, 5) is 23.5. The highest BCUT2D eigenvalue weighted by atomic mass is 32.2. The van der Waals surface area contributed by atoms with Crippen LogP contribution in [0.5, 0.6) is 0 Å². The number of sulfone groups is 1.